The first-order valence-corrected chi connectivity index (χ1v) is 5.59. The molecule has 2 amide bonds. The van der Waals surface area contributed by atoms with Gasteiger partial charge >= 0.3 is 6.03 Å². The van der Waals surface area contributed by atoms with Crippen LogP contribution in [0.4, 0.5) is 10.5 Å². The lowest BCUT2D eigenvalue weighted by molar-refractivity contribution is 0.259. The molecule has 0 heterocycles. The second kappa shape index (κ2) is 6.10. The van der Waals surface area contributed by atoms with Gasteiger partial charge in [-0.15, -0.1) is 0 Å². The smallest absolute Gasteiger partial charge is 0.348 e. The van der Waals surface area contributed by atoms with Gasteiger partial charge < -0.3 is 16.8 Å². The van der Waals surface area contributed by atoms with Crippen molar-refractivity contribution in [3.8, 4) is 0 Å². The van der Waals surface area contributed by atoms with E-state index in [0.717, 1.165) is 18.4 Å². The van der Waals surface area contributed by atoms with Crippen LogP contribution in [-0.2, 0) is 6.42 Å². The zero-order valence-corrected chi connectivity index (χ0v) is 10.3. The number of amides is 2. The van der Waals surface area contributed by atoms with Gasteiger partial charge in [-0.05, 0) is 30.2 Å². The van der Waals surface area contributed by atoms with Gasteiger partial charge in [-0.1, -0.05) is 24.9 Å². The predicted molar refractivity (Wildman–Crippen MR) is 70.3 cm³/mol. The minimum atomic E-state index is -0.593. The quantitative estimate of drug-likeness (QED) is 0.570. The van der Waals surface area contributed by atoms with Gasteiger partial charge in [0.1, 0.15) is 0 Å². The molecular weight excluding hydrogens is 240 g/mol. The molecule has 1 aromatic rings. The molecule has 0 aliphatic heterocycles. The van der Waals surface area contributed by atoms with E-state index in [0.29, 0.717) is 10.7 Å². The number of hydrogen-bond donors (Lipinski definition) is 3. The van der Waals surface area contributed by atoms with E-state index in [2.05, 4.69) is 10.3 Å². The summed E-state index contributed by atoms with van der Waals surface area (Å²) >= 11 is 5.89. The van der Waals surface area contributed by atoms with Crippen LogP contribution in [0.2, 0.25) is 5.02 Å². The van der Waals surface area contributed by atoms with Gasteiger partial charge in [0.05, 0.1) is 0 Å². The standard InChI is InChI=1S/C11H15ClN4O/c1-2-3-7-6-8(12)4-5-9(7)15-11(17)16-10(13)14/h4-6H,2-3H2,1H3,(H5,13,14,15,16,17). The van der Waals surface area contributed by atoms with Gasteiger partial charge in [-0.3, -0.25) is 0 Å². The number of rotatable bonds is 3. The molecule has 0 bridgehead atoms. The summed E-state index contributed by atoms with van der Waals surface area (Å²) in [6.45, 7) is 2.04. The maximum absolute atomic E-state index is 11.4. The highest BCUT2D eigenvalue weighted by molar-refractivity contribution is 6.30. The van der Waals surface area contributed by atoms with Gasteiger partial charge in [-0.2, -0.15) is 4.99 Å². The maximum Gasteiger partial charge on any atom is 0.348 e. The molecule has 0 aromatic heterocycles. The number of hydrogen-bond acceptors (Lipinski definition) is 1. The molecule has 5 nitrogen and oxygen atoms in total. The third-order valence-electron chi connectivity index (χ3n) is 2.06. The van der Waals surface area contributed by atoms with Crippen LogP contribution >= 0.6 is 11.6 Å². The van der Waals surface area contributed by atoms with E-state index >= 15 is 0 Å². The SMILES string of the molecule is CCCc1cc(Cl)ccc1NC(=O)N=C(N)N. The van der Waals surface area contributed by atoms with Crippen LogP contribution < -0.4 is 16.8 Å². The van der Waals surface area contributed by atoms with Crippen molar-refractivity contribution in [1.82, 2.24) is 0 Å². The Morgan fingerprint density at radius 2 is 2.18 bits per heavy atom. The van der Waals surface area contributed by atoms with Crippen LogP contribution in [0.25, 0.3) is 0 Å². The molecule has 0 saturated carbocycles. The lowest BCUT2D eigenvalue weighted by Crippen LogP contribution is -2.25. The zero-order valence-electron chi connectivity index (χ0n) is 9.53. The number of nitrogens with one attached hydrogen (secondary N) is 1. The molecule has 1 aromatic carbocycles. The number of benzene rings is 1. The fourth-order valence-electron chi connectivity index (χ4n) is 1.42. The summed E-state index contributed by atoms with van der Waals surface area (Å²) in [5.74, 6) is -0.270. The van der Waals surface area contributed by atoms with Gasteiger partial charge in [0, 0.05) is 10.7 Å². The number of aryl methyl sites for hydroxylation is 1. The number of aliphatic imine (C=N–C) groups is 1. The van der Waals surface area contributed by atoms with Gasteiger partial charge in [-0.25, -0.2) is 4.79 Å². The second-order valence-electron chi connectivity index (χ2n) is 3.52. The lowest BCUT2D eigenvalue weighted by atomic mass is 10.1. The molecule has 6 heteroatoms. The van der Waals surface area contributed by atoms with E-state index in [9.17, 15) is 4.79 Å². The summed E-state index contributed by atoms with van der Waals surface area (Å²) in [6, 6.07) is 4.65. The summed E-state index contributed by atoms with van der Waals surface area (Å²) < 4.78 is 0. The van der Waals surface area contributed by atoms with Crippen molar-refractivity contribution in [2.75, 3.05) is 5.32 Å². The number of nitrogens with two attached hydrogens (primary N) is 2. The first kappa shape index (κ1) is 13.3. The van der Waals surface area contributed by atoms with E-state index < -0.39 is 6.03 Å². The highest BCUT2D eigenvalue weighted by Gasteiger charge is 2.06. The summed E-state index contributed by atoms with van der Waals surface area (Å²) in [6.07, 6.45) is 1.77. The van der Waals surface area contributed by atoms with Crippen LogP contribution in [-0.4, -0.2) is 12.0 Å². The molecule has 0 spiro atoms. The molecule has 0 saturated heterocycles. The van der Waals surface area contributed by atoms with Crippen LogP contribution in [0, 0.1) is 0 Å². The monoisotopic (exact) mass is 254 g/mol. The number of halogens is 1. The Morgan fingerprint density at radius 1 is 1.47 bits per heavy atom. The summed E-state index contributed by atoms with van der Waals surface area (Å²) in [7, 11) is 0. The molecule has 1 rings (SSSR count). The topological polar surface area (TPSA) is 93.5 Å². The highest BCUT2D eigenvalue weighted by atomic mass is 35.5. The number of carbonyl (C=O) groups is 1. The van der Waals surface area contributed by atoms with E-state index in [1.807, 2.05) is 13.0 Å². The average molecular weight is 255 g/mol. The first-order chi connectivity index (χ1) is 8.02. The number of anilines is 1. The number of nitrogens with zero attached hydrogens (tertiary/aromatic N) is 1. The molecule has 5 N–H and O–H groups in total. The maximum atomic E-state index is 11.4. The molecule has 0 aliphatic rings. The molecule has 17 heavy (non-hydrogen) atoms. The van der Waals surface area contributed by atoms with Crippen molar-refractivity contribution in [3.05, 3.63) is 28.8 Å². The van der Waals surface area contributed by atoms with Crippen molar-refractivity contribution in [2.24, 2.45) is 16.5 Å². The van der Waals surface area contributed by atoms with Crippen LogP contribution in [0.15, 0.2) is 23.2 Å². The zero-order chi connectivity index (χ0) is 12.8. The predicted octanol–water partition coefficient (Wildman–Crippen LogP) is 2.10. The first-order valence-electron chi connectivity index (χ1n) is 5.22. The minimum absolute atomic E-state index is 0.270. The Bertz CT molecular complexity index is 441. The fourth-order valence-corrected chi connectivity index (χ4v) is 1.62. The van der Waals surface area contributed by atoms with Gasteiger partial charge in [0.15, 0.2) is 5.96 Å². The number of carbonyl (C=O) groups excluding carboxylic acids is 1. The number of guanidine groups is 1. The van der Waals surface area contributed by atoms with Crippen LogP contribution in [0.3, 0.4) is 0 Å². The van der Waals surface area contributed by atoms with Crippen molar-refractivity contribution in [3.63, 3.8) is 0 Å². The third-order valence-corrected chi connectivity index (χ3v) is 2.29. The van der Waals surface area contributed by atoms with E-state index in [-0.39, 0.29) is 5.96 Å². The van der Waals surface area contributed by atoms with Gasteiger partial charge in [0.25, 0.3) is 0 Å². The fraction of sp³-hybridized carbons (Fsp3) is 0.273. The molecule has 0 atom stereocenters. The van der Waals surface area contributed by atoms with E-state index in [4.69, 9.17) is 23.1 Å². The average Bonchev–Trinajstić information content (AvgIpc) is 2.21. The summed E-state index contributed by atoms with van der Waals surface area (Å²) in [5.41, 5.74) is 11.9. The molecule has 0 radical (unpaired) electrons. The molecule has 0 fully saturated rings. The van der Waals surface area contributed by atoms with Crippen LogP contribution in [0.5, 0.6) is 0 Å². The lowest BCUT2D eigenvalue weighted by Gasteiger charge is -2.09. The highest BCUT2D eigenvalue weighted by Crippen LogP contribution is 2.22. The Kier molecular flexibility index (Phi) is 4.78. The normalized spacial score (nSPS) is 9.76. The van der Waals surface area contributed by atoms with Crippen LogP contribution in [0.1, 0.15) is 18.9 Å². The Morgan fingerprint density at radius 3 is 2.76 bits per heavy atom. The largest absolute Gasteiger partial charge is 0.370 e. The van der Waals surface area contributed by atoms with Crippen molar-refractivity contribution in [2.45, 2.75) is 19.8 Å². The van der Waals surface area contributed by atoms with Crippen molar-refractivity contribution >= 4 is 29.3 Å². The Labute approximate surface area is 105 Å². The Balaban J connectivity index is 2.90. The van der Waals surface area contributed by atoms with Gasteiger partial charge in [0.2, 0.25) is 0 Å². The Hall–Kier alpha value is -1.75. The molecule has 0 unspecified atom stereocenters. The second-order valence-corrected chi connectivity index (χ2v) is 3.95. The van der Waals surface area contributed by atoms with Crippen molar-refractivity contribution in [1.29, 1.82) is 0 Å². The molecule has 0 aliphatic carbocycles. The number of urea groups is 1. The summed E-state index contributed by atoms with van der Waals surface area (Å²) in [4.78, 5) is 14.8. The summed E-state index contributed by atoms with van der Waals surface area (Å²) in [5, 5.41) is 3.24. The molecular formula is C11H15ClN4O. The van der Waals surface area contributed by atoms with Crippen molar-refractivity contribution < 1.29 is 4.79 Å². The molecule has 92 valence electrons. The third kappa shape index (κ3) is 4.32. The van der Waals surface area contributed by atoms with E-state index in [1.165, 1.54) is 0 Å². The van der Waals surface area contributed by atoms with E-state index in [1.54, 1.807) is 12.1 Å². The minimum Gasteiger partial charge on any atom is -0.370 e.